The molecule has 2 heterocycles. The Labute approximate surface area is 158 Å². The van der Waals surface area contributed by atoms with Crippen molar-refractivity contribution in [1.29, 1.82) is 0 Å². The topological polar surface area (TPSA) is 102 Å². The lowest BCUT2D eigenvalue weighted by atomic mass is 10.1. The van der Waals surface area contributed by atoms with Crippen LogP contribution in [0.4, 0.5) is 11.6 Å². The van der Waals surface area contributed by atoms with Crippen molar-refractivity contribution < 1.29 is 4.79 Å². The van der Waals surface area contributed by atoms with Gasteiger partial charge in [0.2, 0.25) is 5.96 Å². The van der Waals surface area contributed by atoms with E-state index in [4.69, 9.17) is 5.73 Å². The number of aryl methyl sites for hydroxylation is 2. The molecule has 1 aliphatic carbocycles. The van der Waals surface area contributed by atoms with Crippen molar-refractivity contribution in [1.82, 2.24) is 9.55 Å². The van der Waals surface area contributed by atoms with Gasteiger partial charge in [0.05, 0.1) is 5.56 Å². The van der Waals surface area contributed by atoms with Crippen LogP contribution < -0.4 is 16.6 Å². The number of carbonyl (C=O) groups is 1. The first-order valence-electron chi connectivity index (χ1n) is 9.17. The molecule has 27 heavy (non-hydrogen) atoms. The number of rotatable bonds is 4. The molecular formula is C20H25N5O2. The summed E-state index contributed by atoms with van der Waals surface area (Å²) in [6.07, 6.45) is 5.65. The number of Topliss-reactive ketones (excluding diaryl/α,β-unsaturated/α-hetero) is 1. The number of hydrogen-bond donors (Lipinski definition) is 2. The van der Waals surface area contributed by atoms with Crippen LogP contribution in [0.3, 0.4) is 0 Å². The summed E-state index contributed by atoms with van der Waals surface area (Å²) in [5.74, 6) is 0.961. The molecule has 2 aromatic rings. The number of nitrogens with one attached hydrogen (secondary N) is 1. The zero-order valence-corrected chi connectivity index (χ0v) is 16.0. The summed E-state index contributed by atoms with van der Waals surface area (Å²) in [6.45, 7) is 5.12. The smallest absolute Gasteiger partial charge is 0.263 e. The predicted molar refractivity (Wildman–Crippen MR) is 107 cm³/mol. The van der Waals surface area contributed by atoms with Gasteiger partial charge in [0.15, 0.2) is 5.78 Å². The van der Waals surface area contributed by atoms with Gasteiger partial charge in [-0.05, 0) is 56.9 Å². The van der Waals surface area contributed by atoms with E-state index in [0.717, 1.165) is 31.2 Å². The van der Waals surface area contributed by atoms with E-state index < -0.39 is 0 Å². The number of nitrogens with two attached hydrogens (primary N) is 1. The fourth-order valence-corrected chi connectivity index (χ4v) is 3.58. The van der Waals surface area contributed by atoms with Crippen LogP contribution in [-0.2, 0) is 0 Å². The molecule has 0 amide bonds. The largest absolute Gasteiger partial charge is 0.369 e. The van der Waals surface area contributed by atoms with Crippen LogP contribution in [0.1, 0.15) is 60.1 Å². The summed E-state index contributed by atoms with van der Waals surface area (Å²) in [4.78, 5) is 33.7. The molecule has 3 rings (SSSR count). The quantitative estimate of drug-likeness (QED) is 0.491. The van der Waals surface area contributed by atoms with Crippen molar-refractivity contribution in [3.63, 3.8) is 0 Å². The van der Waals surface area contributed by atoms with Gasteiger partial charge in [-0.2, -0.15) is 4.99 Å². The molecule has 2 aromatic heterocycles. The average Bonchev–Trinajstić information content (AvgIpc) is 3.10. The molecule has 0 saturated heterocycles. The molecule has 1 aliphatic rings. The molecule has 0 unspecified atom stereocenters. The van der Waals surface area contributed by atoms with E-state index in [9.17, 15) is 9.59 Å². The first-order chi connectivity index (χ1) is 12.9. The van der Waals surface area contributed by atoms with Crippen molar-refractivity contribution in [3.05, 3.63) is 51.4 Å². The summed E-state index contributed by atoms with van der Waals surface area (Å²) in [5.41, 5.74) is 7.66. The Morgan fingerprint density at radius 2 is 2.00 bits per heavy atom. The van der Waals surface area contributed by atoms with Gasteiger partial charge >= 0.3 is 0 Å². The predicted octanol–water partition coefficient (Wildman–Crippen LogP) is 3.24. The van der Waals surface area contributed by atoms with Gasteiger partial charge in [-0.15, -0.1) is 0 Å². The summed E-state index contributed by atoms with van der Waals surface area (Å²) in [6, 6.07) is 5.53. The molecule has 142 valence electrons. The number of ketones is 1. The monoisotopic (exact) mass is 367 g/mol. The molecule has 7 nitrogen and oxygen atoms in total. The van der Waals surface area contributed by atoms with Crippen molar-refractivity contribution >= 4 is 23.4 Å². The van der Waals surface area contributed by atoms with E-state index in [1.165, 1.54) is 6.92 Å². The minimum atomic E-state index is -0.283. The third kappa shape index (κ3) is 4.07. The highest BCUT2D eigenvalue weighted by molar-refractivity contribution is 5.96. The number of pyridine rings is 2. The van der Waals surface area contributed by atoms with Crippen molar-refractivity contribution in [2.45, 2.75) is 52.5 Å². The zero-order chi connectivity index (χ0) is 19.6. The fraction of sp³-hybridized carbons (Fsp3) is 0.400. The number of carbonyl (C=O) groups excluding carboxylic acids is 1. The van der Waals surface area contributed by atoms with E-state index in [0.29, 0.717) is 17.2 Å². The minimum absolute atomic E-state index is 0.0419. The Bertz CT molecular complexity index is 938. The Hall–Kier alpha value is -2.96. The highest BCUT2D eigenvalue weighted by Crippen LogP contribution is 2.32. The molecule has 0 spiro atoms. The van der Waals surface area contributed by atoms with Crippen LogP contribution in [0.2, 0.25) is 0 Å². The Kier molecular flexibility index (Phi) is 5.39. The number of hydrogen-bond acceptors (Lipinski definition) is 4. The van der Waals surface area contributed by atoms with Crippen LogP contribution in [-0.4, -0.2) is 21.3 Å². The first kappa shape index (κ1) is 18.8. The van der Waals surface area contributed by atoms with Crippen molar-refractivity contribution in [2.24, 2.45) is 10.7 Å². The lowest BCUT2D eigenvalue weighted by molar-refractivity contribution is 0.101. The van der Waals surface area contributed by atoms with E-state index in [2.05, 4.69) is 15.3 Å². The number of guanidine groups is 1. The Morgan fingerprint density at radius 1 is 1.30 bits per heavy atom. The molecule has 0 atom stereocenters. The van der Waals surface area contributed by atoms with E-state index >= 15 is 0 Å². The van der Waals surface area contributed by atoms with Gasteiger partial charge in [0, 0.05) is 12.2 Å². The maximum atomic E-state index is 13.0. The van der Waals surface area contributed by atoms with Crippen molar-refractivity contribution in [2.75, 3.05) is 5.32 Å². The highest BCUT2D eigenvalue weighted by atomic mass is 16.1. The second-order valence-corrected chi connectivity index (χ2v) is 7.07. The molecule has 0 radical (unpaired) electrons. The summed E-state index contributed by atoms with van der Waals surface area (Å²) in [5, 5.41) is 2.95. The third-order valence-electron chi connectivity index (χ3n) is 4.86. The molecule has 3 N–H and O–H groups in total. The first-order valence-corrected chi connectivity index (χ1v) is 9.17. The zero-order valence-electron chi connectivity index (χ0n) is 16.0. The van der Waals surface area contributed by atoms with Crippen LogP contribution in [0.5, 0.6) is 0 Å². The highest BCUT2D eigenvalue weighted by Gasteiger charge is 2.24. The van der Waals surface area contributed by atoms with E-state index in [1.807, 2.05) is 19.1 Å². The minimum Gasteiger partial charge on any atom is -0.369 e. The SMILES string of the molecule is CC(=O)c1c(C)cc(/N=C(\N)Nc2ccc(C)cn2)n(C2CCCC2)c1=O. The molecule has 1 saturated carbocycles. The van der Waals surface area contributed by atoms with E-state index in [1.54, 1.807) is 23.8 Å². The van der Waals surface area contributed by atoms with Crippen LogP contribution >= 0.6 is 0 Å². The van der Waals surface area contributed by atoms with Crippen LogP contribution in [0.25, 0.3) is 0 Å². The second-order valence-electron chi connectivity index (χ2n) is 7.07. The fourth-order valence-electron chi connectivity index (χ4n) is 3.58. The molecule has 0 bridgehead atoms. The van der Waals surface area contributed by atoms with Gasteiger partial charge in [0.25, 0.3) is 5.56 Å². The molecule has 1 fully saturated rings. The Balaban J connectivity index is 2.04. The molecule has 0 aromatic carbocycles. The van der Waals surface area contributed by atoms with Gasteiger partial charge in [0.1, 0.15) is 11.6 Å². The standard InChI is InChI=1S/C20H25N5O2/c1-12-8-9-16(22-11-12)23-20(21)24-17-10-13(2)18(14(3)26)19(27)25(17)15-6-4-5-7-15/h8-11,15H,4-7H2,1-3H3,(H3,21,22,23,24). The normalized spacial score (nSPS) is 15.1. The lowest BCUT2D eigenvalue weighted by Crippen LogP contribution is -2.30. The van der Waals surface area contributed by atoms with Gasteiger partial charge in [-0.25, -0.2) is 4.98 Å². The summed E-state index contributed by atoms with van der Waals surface area (Å²) < 4.78 is 1.63. The summed E-state index contributed by atoms with van der Waals surface area (Å²) in [7, 11) is 0. The van der Waals surface area contributed by atoms with Crippen LogP contribution in [0, 0.1) is 13.8 Å². The Morgan fingerprint density at radius 3 is 2.59 bits per heavy atom. The molecule has 0 aliphatic heterocycles. The molecular weight excluding hydrogens is 342 g/mol. The summed E-state index contributed by atoms with van der Waals surface area (Å²) >= 11 is 0. The van der Waals surface area contributed by atoms with E-state index in [-0.39, 0.29) is 28.9 Å². The van der Waals surface area contributed by atoms with Gasteiger partial charge < -0.3 is 11.1 Å². The average molecular weight is 367 g/mol. The van der Waals surface area contributed by atoms with Crippen LogP contribution in [0.15, 0.2) is 34.2 Å². The number of aliphatic imine (C=N–C) groups is 1. The van der Waals surface area contributed by atoms with Crippen molar-refractivity contribution in [3.8, 4) is 0 Å². The lowest BCUT2D eigenvalue weighted by Gasteiger charge is -2.19. The number of nitrogens with zero attached hydrogens (tertiary/aromatic N) is 3. The number of anilines is 1. The molecule has 7 heteroatoms. The maximum absolute atomic E-state index is 13.0. The number of aromatic nitrogens is 2. The second kappa shape index (κ2) is 7.73. The van der Waals surface area contributed by atoms with Gasteiger partial charge in [-0.1, -0.05) is 18.9 Å². The van der Waals surface area contributed by atoms with Gasteiger partial charge in [-0.3, -0.25) is 14.2 Å². The third-order valence-corrected chi connectivity index (χ3v) is 4.86. The maximum Gasteiger partial charge on any atom is 0.263 e.